The van der Waals surface area contributed by atoms with Crippen LogP contribution in [0.1, 0.15) is 41.1 Å². The molecule has 1 aliphatic rings. The maximum absolute atomic E-state index is 13.9. The van der Waals surface area contributed by atoms with Gasteiger partial charge in [0.05, 0.1) is 11.6 Å². The van der Waals surface area contributed by atoms with Crippen molar-refractivity contribution in [2.24, 2.45) is 0 Å². The summed E-state index contributed by atoms with van der Waals surface area (Å²) in [6.07, 6.45) is -2.65. The number of rotatable bonds is 9. The number of aromatic nitrogens is 1. The van der Waals surface area contributed by atoms with E-state index in [1.165, 1.54) is 36.4 Å². The second-order valence-electron chi connectivity index (χ2n) is 10.5. The first kappa shape index (κ1) is 30.4. The molecule has 0 radical (unpaired) electrons. The highest BCUT2D eigenvalue weighted by molar-refractivity contribution is 5.70. The van der Waals surface area contributed by atoms with E-state index in [0.29, 0.717) is 24.4 Å². The zero-order valence-electron chi connectivity index (χ0n) is 23.2. The van der Waals surface area contributed by atoms with E-state index in [4.69, 9.17) is 9.26 Å². The molecule has 0 saturated carbocycles. The third kappa shape index (κ3) is 6.96. The van der Waals surface area contributed by atoms with Crippen molar-refractivity contribution in [3.63, 3.8) is 0 Å². The molecular weight excluding hydrogens is 569 g/mol. The van der Waals surface area contributed by atoms with Gasteiger partial charge in [-0.3, -0.25) is 4.90 Å². The van der Waals surface area contributed by atoms with Crippen molar-refractivity contribution in [1.82, 2.24) is 15.4 Å². The Morgan fingerprint density at radius 3 is 2.40 bits per heavy atom. The Hall–Kier alpha value is -4.06. The van der Waals surface area contributed by atoms with Gasteiger partial charge in [-0.25, -0.2) is 8.78 Å². The fraction of sp³-hybridized carbons (Fsp3) is 0.281. The van der Waals surface area contributed by atoms with E-state index in [9.17, 15) is 27.1 Å². The minimum Gasteiger partial charge on any atom is -0.490 e. The lowest BCUT2D eigenvalue weighted by molar-refractivity contribution is -0.142. The van der Waals surface area contributed by atoms with E-state index in [2.05, 4.69) is 15.4 Å². The molecule has 0 aliphatic carbocycles. The minimum absolute atomic E-state index is 0.0725. The van der Waals surface area contributed by atoms with Crippen LogP contribution in [0, 0.1) is 11.6 Å². The molecule has 3 unspecified atom stereocenters. The van der Waals surface area contributed by atoms with Gasteiger partial charge in [0.25, 0.3) is 0 Å². The maximum Gasteiger partial charge on any atom is 0.436 e. The summed E-state index contributed by atoms with van der Waals surface area (Å²) >= 11 is 0. The van der Waals surface area contributed by atoms with Gasteiger partial charge < -0.3 is 19.7 Å². The van der Waals surface area contributed by atoms with E-state index in [1.807, 2.05) is 6.92 Å². The fourth-order valence-corrected chi connectivity index (χ4v) is 5.39. The summed E-state index contributed by atoms with van der Waals surface area (Å²) in [5.41, 5.74) is 0.368. The van der Waals surface area contributed by atoms with Crippen molar-refractivity contribution in [2.45, 2.75) is 30.8 Å². The Kier molecular flexibility index (Phi) is 8.95. The number of piperazine rings is 1. The van der Waals surface area contributed by atoms with Crippen molar-refractivity contribution in [2.75, 3.05) is 26.2 Å². The number of nitrogens with zero attached hydrogens (tertiary/aromatic N) is 2. The third-order valence-electron chi connectivity index (χ3n) is 7.61. The molecule has 43 heavy (non-hydrogen) atoms. The number of aliphatic hydroxyl groups is 1. The van der Waals surface area contributed by atoms with Crippen LogP contribution < -0.4 is 10.1 Å². The number of nitrogens with one attached hydrogen (secondary N) is 1. The molecule has 5 rings (SSSR count). The predicted octanol–water partition coefficient (Wildman–Crippen LogP) is 6.44. The number of alkyl halides is 3. The van der Waals surface area contributed by atoms with Crippen molar-refractivity contribution >= 4 is 12.2 Å². The molecule has 226 valence electrons. The average Bonchev–Trinajstić information content (AvgIpc) is 3.47. The lowest BCUT2D eigenvalue weighted by Crippen LogP contribution is -2.60. The topological polar surface area (TPSA) is 70.8 Å². The van der Waals surface area contributed by atoms with Crippen molar-refractivity contribution in [1.29, 1.82) is 0 Å². The van der Waals surface area contributed by atoms with E-state index in [0.717, 1.165) is 17.2 Å². The summed E-state index contributed by atoms with van der Waals surface area (Å²) in [4.78, 5) is 2.10. The van der Waals surface area contributed by atoms with Crippen molar-refractivity contribution < 1.29 is 36.3 Å². The van der Waals surface area contributed by atoms with Gasteiger partial charge in [0.2, 0.25) is 0 Å². The Morgan fingerprint density at radius 2 is 1.72 bits per heavy atom. The first-order valence-corrected chi connectivity index (χ1v) is 13.7. The third-order valence-corrected chi connectivity index (χ3v) is 7.61. The number of hydrogen-bond donors (Lipinski definition) is 2. The first-order valence-electron chi connectivity index (χ1n) is 13.7. The van der Waals surface area contributed by atoms with Gasteiger partial charge in [0.1, 0.15) is 30.1 Å². The Bertz CT molecular complexity index is 1540. The molecule has 1 aliphatic heterocycles. The number of hydrogen-bond acceptors (Lipinski definition) is 6. The average molecular weight is 600 g/mol. The molecule has 2 heterocycles. The normalized spacial score (nSPS) is 20.4. The monoisotopic (exact) mass is 599 g/mol. The molecule has 1 aromatic heterocycles. The SMILES string of the molecule is CC1(c2ccc(F)cc2)C(c2ccc(F)cc2)NCCN1CC(O)COc1ccccc1C=Cc1cc(C(F)(F)F)no1. The van der Waals surface area contributed by atoms with Crippen molar-refractivity contribution in [3.8, 4) is 5.75 Å². The number of aliphatic hydroxyl groups excluding tert-OH is 1. The van der Waals surface area contributed by atoms with Crippen LogP contribution in [-0.4, -0.2) is 47.5 Å². The van der Waals surface area contributed by atoms with Crippen LogP contribution in [0.2, 0.25) is 0 Å². The first-order chi connectivity index (χ1) is 20.5. The van der Waals surface area contributed by atoms with Crippen LogP contribution in [0.5, 0.6) is 5.75 Å². The highest BCUT2D eigenvalue weighted by Gasteiger charge is 2.45. The highest BCUT2D eigenvalue weighted by Crippen LogP contribution is 2.42. The number of ether oxygens (including phenoxy) is 1. The van der Waals surface area contributed by atoms with Gasteiger partial charge in [-0.05, 0) is 60.5 Å². The Balaban J connectivity index is 1.32. The highest BCUT2D eigenvalue weighted by atomic mass is 19.4. The summed E-state index contributed by atoms with van der Waals surface area (Å²) in [5, 5.41) is 17.7. The van der Waals surface area contributed by atoms with Gasteiger partial charge in [0.15, 0.2) is 11.5 Å². The Morgan fingerprint density at radius 1 is 1.05 bits per heavy atom. The summed E-state index contributed by atoms with van der Waals surface area (Å²) in [5.74, 6) is -0.378. The lowest BCUT2D eigenvalue weighted by atomic mass is 9.77. The molecule has 6 nitrogen and oxygen atoms in total. The lowest BCUT2D eigenvalue weighted by Gasteiger charge is -2.51. The smallest absolute Gasteiger partial charge is 0.436 e. The molecule has 1 saturated heterocycles. The molecule has 11 heteroatoms. The standard InChI is InChI=1S/C32H30F5N3O3/c1-31(23-9-13-25(34)14-10-23)30(22-6-11-24(33)12-7-22)38-16-17-40(31)19-26(41)20-42-28-5-3-2-4-21(28)8-15-27-18-29(39-43-27)32(35,36)37/h2-15,18,26,30,38,41H,16-17,19-20H2,1H3. The molecule has 4 aromatic rings. The van der Waals surface area contributed by atoms with E-state index >= 15 is 0 Å². The zero-order valence-corrected chi connectivity index (χ0v) is 23.2. The maximum atomic E-state index is 13.9. The van der Waals surface area contributed by atoms with Crippen LogP contribution in [0.15, 0.2) is 83.4 Å². The molecule has 0 spiro atoms. The number of halogens is 5. The van der Waals surface area contributed by atoms with Crippen LogP contribution in [0.4, 0.5) is 22.0 Å². The van der Waals surface area contributed by atoms with Gasteiger partial charge in [0, 0.05) is 31.3 Å². The summed E-state index contributed by atoms with van der Waals surface area (Å²) in [6.45, 7) is 3.30. The second-order valence-corrected chi connectivity index (χ2v) is 10.5. The molecule has 2 N–H and O–H groups in total. The fourth-order valence-electron chi connectivity index (χ4n) is 5.39. The molecule has 0 amide bonds. The molecular formula is C32H30F5N3O3. The summed E-state index contributed by atoms with van der Waals surface area (Å²) in [6, 6.07) is 19.8. The number of β-amino-alcohol motifs (C(OH)–C–C–N with tert-alkyl or cyclic N) is 1. The van der Waals surface area contributed by atoms with Crippen molar-refractivity contribution in [3.05, 3.63) is 119 Å². The van der Waals surface area contributed by atoms with Crippen LogP contribution in [0.25, 0.3) is 12.2 Å². The van der Waals surface area contributed by atoms with Gasteiger partial charge in [-0.2, -0.15) is 13.2 Å². The van der Waals surface area contributed by atoms with E-state index in [-0.39, 0.29) is 36.6 Å². The molecule has 3 aromatic carbocycles. The summed E-state index contributed by atoms with van der Waals surface area (Å²) in [7, 11) is 0. The summed E-state index contributed by atoms with van der Waals surface area (Å²) < 4.78 is 76.8. The second kappa shape index (κ2) is 12.7. The minimum atomic E-state index is -4.61. The van der Waals surface area contributed by atoms with Crippen LogP contribution in [0.3, 0.4) is 0 Å². The molecule has 3 atom stereocenters. The molecule has 1 fully saturated rings. The van der Waals surface area contributed by atoms with Crippen LogP contribution in [-0.2, 0) is 11.7 Å². The van der Waals surface area contributed by atoms with E-state index < -0.39 is 23.5 Å². The van der Waals surface area contributed by atoms with Crippen LogP contribution >= 0.6 is 0 Å². The van der Waals surface area contributed by atoms with Gasteiger partial charge in [-0.1, -0.05) is 47.6 Å². The number of para-hydroxylation sites is 1. The zero-order chi connectivity index (χ0) is 30.6. The van der Waals surface area contributed by atoms with E-state index in [1.54, 1.807) is 48.5 Å². The number of benzene rings is 3. The Labute approximate surface area is 245 Å². The quantitative estimate of drug-likeness (QED) is 0.216. The van der Waals surface area contributed by atoms with Gasteiger partial charge in [-0.15, -0.1) is 0 Å². The van der Waals surface area contributed by atoms with Gasteiger partial charge >= 0.3 is 6.18 Å². The molecule has 0 bridgehead atoms. The largest absolute Gasteiger partial charge is 0.490 e. The predicted molar refractivity (Wildman–Crippen MR) is 151 cm³/mol.